The molecule has 0 saturated heterocycles. The van der Waals surface area contributed by atoms with E-state index >= 15 is 0 Å². The molecule has 0 aliphatic rings. The summed E-state index contributed by atoms with van der Waals surface area (Å²) in [4.78, 5) is 11.8. The molecule has 1 aromatic rings. The molecule has 106 valence electrons. The maximum Gasteiger partial charge on any atom is 0.239 e. The highest BCUT2D eigenvalue weighted by molar-refractivity contribution is 6.30. The van der Waals surface area contributed by atoms with Crippen LogP contribution in [0.5, 0.6) is 0 Å². The summed E-state index contributed by atoms with van der Waals surface area (Å²) in [5.41, 5.74) is 0.654. The fourth-order valence-electron chi connectivity index (χ4n) is 1.53. The molecule has 0 saturated carbocycles. The number of amides is 1. The summed E-state index contributed by atoms with van der Waals surface area (Å²) in [6.45, 7) is 6.01. The zero-order valence-electron chi connectivity index (χ0n) is 11.5. The molecule has 0 aliphatic carbocycles. The molecule has 3 N–H and O–H groups in total. The summed E-state index contributed by atoms with van der Waals surface area (Å²) in [5, 5.41) is 15.7. The first kappa shape index (κ1) is 15.8. The minimum absolute atomic E-state index is 0.0732. The smallest absolute Gasteiger partial charge is 0.239 e. The monoisotopic (exact) mass is 284 g/mol. The van der Waals surface area contributed by atoms with Gasteiger partial charge in [0.05, 0.1) is 19.2 Å². The van der Waals surface area contributed by atoms with E-state index in [4.69, 9.17) is 11.6 Å². The van der Waals surface area contributed by atoms with Gasteiger partial charge in [-0.2, -0.15) is 0 Å². The maximum absolute atomic E-state index is 11.8. The van der Waals surface area contributed by atoms with Gasteiger partial charge in [-0.05, 0) is 29.7 Å². The molecule has 0 aliphatic heterocycles. The summed E-state index contributed by atoms with van der Waals surface area (Å²) in [6.07, 6.45) is 0. The van der Waals surface area contributed by atoms with Crippen LogP contribution < -0.4 is 10.6 Å². The number of anilines is 1. The van der Waals surface area contributed by atoms with Crippen LogP contribution in [0, 0.1) is 5.41 Å². The molecular formula is C14H21ClN2O2. The number of hydrogen-bond acceptors (Lipinski definition) is 3. The van der Waals surface area contributed by atoms with Gasteiger partial charge < -0.3 is 15.7 Å². The maximum atomic E-state index is 11.8. The van der Waals surface area contributed by atoms with Crippen LogP contribution in [0.3, 0.4) is 0 Å². The van der Waals surface area contributed by atoms with Crippen molar-refractivity contribution in [3.8, 4) is 0 Å². The first-order valence-electron chi connectivity index (χ1n) is 6.22. The van der Waals surface area contributed by atoms with E-state index < -0.39 is 0 Å². The number of carbonyl (C=O) groups is 1. The third kappa shape index (κ3) is 5.49. The number of carbonyl (C=O) groups excluding carboxylic acids is 1. The number of hydrogen-bond donors (Lipinski definition) is 3. The van der Waals surface area contributed by atoms with Gasteiger partial charge in [0.15, 0.2) is 0 Å². The van der Waals surface area contributed by atoms with Crippen molar-refractivity contribution < 1.29 is 9.90 Å². The number of rotatable bonds is 5. The van der Waals surface area contributed by atoms with Crippen molar-refractivity contribution in [3.05, 3.63) is 29.3 Å². The van der Waals surface area contributed by atoms with Gasteiger partial charge in [0.2, 0.25) is 5.91 Å². The largest absolute Gasteiger partial charge is 0.394 e. The van der Waals surface area contributed by atoms with E-state index in [-0.39, 0.29) is 30.5 Å². The Hall–Kier alpha value is -1.26. The number of halogens is 1. The predicted molar refractivity (Wildman–Crippen MR) is 78.4 cm³/mol. The Kier molecular flexibility index (Phi) is 5.63. The van der Waals surface area contributed by atoms with Crippen molar-refractivity contribution in [2.45, 2.75) is 26.8 Å². The molecular weight excluding hydrogens is 264 g/mol. The quantitative estimate of drug-likeness (QED) is 0.777. The van der Waals surface area contributed by atoms with E-state index in [9.17, 15) is 9.90 Å². The van der Waals surface area contributed by atoms with Crippen LogP contribution in [0.2, 0.25) is 5.02 Å². The third-order valence-electron chi connectivity index (χ3n) is 2.86. The van der Waals surface area contributed by atoms with Crippen LogP contribution >= 0.6 is 11.6 Å². The van der Waals surface area contributed by atoms with Gasteiger partial charge in [0.25, 0.3) is 0 Å². The lowest BCUT2D eigenvalue weighted by molar-refractivity contribution is -0.121. The number of nitrogens with one attached hydrogen (secondary N) is 2. The van der Waals surface area contributed by atoms with Gasteiger partial charge in [-0.1, -0.05) is 32.4 Å². The topological polar surface area (TPSA) is 61.4 Å². The molecule has 1 aromatic carbocycles. The van der Waals surface area contributed by atoms with Crippen LogP contribution in [0.4, 0.5) is 5.69 Å². The fourth-order valence-corrected chi connectivity index (χ4v) is 1.66. The lowest BCUT2D eigenvalue weighted by atomic mass is 9.87. The normalized spacial score (nSPS) is 12.9. The van der Waals surface area contributed by atoms with Crippen molar-refractivity contribution >= 4 is 23.2 Å². The third-order valence-corrected chi connectivity index (χ3v) is 3.11. The molecule has 0 unspecified atom stereocenters. The molecule has 1 rings (SSSR count). The lowest BCUT2D eigenvalue weighted by Gasteiger charge is -2.29. The fraction of sp³-hybridized carbons (Fsp3) is 0.500. The SMILES string of the molecule is CC(C)(C)[C@@H](CO)NC(=O)CNc1ccc(Cl)cc1. The van der Waals surface area contributed by atoms with E-state index in [2.05, 4.69) is 10.6 Å². The predicted octanol–water partition coefficient (Wildman–Crippen LogP) is 2.28. The zero-order valence-corrected chi connectivity index (χ0v) is 12.3. The molecule has 0 radical (unpaired) electrons. The lowest BCUT2D eigenvalue weighted by Crippen LogP contribution is -2.47. The van der Waals surface area contributed by atoms with E-state index in [1.165, 1.54) is 0 Å². The van der Waals surface area contributed by atoms with Crippen molar-refractivity contribution in [2.24, 2.45) is 5.41 Å². The van der Waals surface area contributed by atoms with Crippen molar-refractivity contribution in [3.63, 3.8) is 0 Å². The van der Waals surface area contributed by atoms with Gasteiger partial charge in [0, 0.05) is 10.7 Å². The molecule has 19 heavy (non-hydrogen) atoms. The second kappa shape index (κ2) is 6.78. The van der Waals surface area contributed by atoms with Crippen LogP contribution in [0.25, 0.3) is 0 Å². The first-order chi connectivity index (χ1) is 8.82. The second-order valence-electron chi connectivity index (χ2n) is 5.53. The van der Waals surface area contributed by atoms with Gasteiger partial charge in [-0.3, -0.25) is 4.79 Å². The number of aliphatic hydroxyl groups is 1. The molecule has 0 spiro atoms. The highest BCUT2D eigenvalue weighted by Crippen LogP contribution is 2.18. The molecule has 0 aromatic heterocycles. The molecule has 1 amide bonds. The summed E-state index contributed by atoms with van der Waals surface area (Å²) in [7, 11) is 0. The highest BCUT2D eigenvalue weighted by atomic mass is 35.5. The summed E-state index contributed by atoms with van der Waals surface area (Å²) in [5.74, 6) is -0.149. The van der Waals surface area contributed by atoms with E-state index in [0.717, 1.165) is 5.69 Å². The standard InChI is InChI=1S/C14H21ClN2O2/c1-14(2,3)12(9-18)17-13(19)8-16-11-6-4-10(15)5-7-11/h4-7,12,16,18H,8-9H2,1-3H3,(H,17,19)/t12-/m1/s1. The number of aliphatic hydroxyl groups excluding tert-OH is 1. The molecule has 0 fully saturated rings. The zero-order chi connectivity index (χ0) is 14.5. The van der Waals surface area contributed by atoms with E-state index in [1.54, 1.807) is 12.1 Å². The minimum atomic E-state index is -0.257. The Morgan fingerprint density at radius 3 is 2.37 bits per heavy atom. The van der Waals surface area contributed by atoms with Gasteiger partial charge in [-0.15, -0.1) is 0 Å². The van der Waals surface area contributed by atoms with Crippen molar-refractivity contribution in [1.29, 1.82) is 0 Å². The minimum Gasteiger partial charge on any atom is -0.394 e. The van der Waals surface area contributed by atoms with Crippen LogP contribution in [-0.2, 0) is 4.79 Å². The molecule has 0 bridgehead atoms. The molecule has 4 nitrogen and oxygen atoms in total. The second-order valence-corrected chi connectivity index (χ2v) is 5.97. The van der Waals surface area contributed by atoms with Crippen LogP contribution in [0.1, 0.15) is 20.8 Å². The highest BCUT2D eigenvalue weighted by Gasteiger charge is 2.25. The summed E-state index contributed by atoms with van der Waals surface area (Å²) < 4.78 is 0. The molecule has 5 heteroatoms. The Morgan fingerprint density at radius 1 is 1.32 bits per heavy atom. The molecule has 1 atom stereocenters. The van der Waals surface area contributed by atoms with Crippen molar-refractivity contribution in [2.75, 3.05) is 18.5 Å². The number of benzene rings is 1. The van der Waals surface area contributed by atoms with Crippen LogP contribution in [0.15, 0.2) is 24.3 Å². The molecule has 0 heterocycles. The Balaban J connectivity index is 2.45. The average Bonchev–Trinajstić information content (AvgIpc) is 2.34. The Bertz CT molecular complexity index is 412. The van der Waals surface area contributed by atoms with E-state index in [0.29, 0.717) is 5.02 Å². The Labute approximate surface area is 119 Å². The van der Waals surface area contributed by atoms with Gasteiger partial charge in [-0.25, -0.2) is 0 Å². The first-order valence-corrected chi connectivity index (χ1v) is 6.60. The Morgan fingerprint density at radius 2 is 1.89 bits per heavy atom. The van der Waals surface area contributed by atoms with E-state index in [1.807, 2.05) is 32.9 Å². The van der Waals surface area contributed by atoms with Gasteiger partial charge in [0.1, 0.15) is 0 Å². The average molecular weight is 285 g/mol. The summed E-state index contributed by atoms with van der Waals surface area (Å²) >= 11 is 5.78. The van der Waals surface area contributed by atoms with Gasteiger partial charge >= 0.3 is 0 Å². The summed E-state index contributed by atoms with van der Waals surface area (Å²) in [6, 6.07) is 6.87. The van der Waals surface area contributed by atoms with Crippen molar-refractivity contribution in [1.82, 2.24) is 5.32 Å². The van der Waals surface area contributed by atoms with Crippen LogP contribution in [-0.4, -0.2) is 30.2 Å².